The molecule has 0 saturated heterocycles. The normalized spacial score (nSPS) is 22.8. The molecule has 1 aliphatic carbocycles. The maximum absolute atomic E-state index is 13.6. The fourth-order valence-electron chi connectivity index (χ4n) is 3.22. The zero-order chi connectivity index (χ0) is 14.3. The van der Waals surface area contributed by atoms with Crippen LogP contribution in [0.15, 0.2) is 12.1 Å². The number of fused-ring (bicyclic) bond motifs is 1. The van der Waals surface area contributed by atoms with E-state index in [0.29, 0.717) is 23.9 Å². The molecule has 2 aromatic rings. The summed E-state index contributed by atoms with van der Waals surface area (Å²) in [5.74, 6) is 1.76. The van der Waals surface area contributed by atoms with Gasteiger partial charge in [0, 0.05) is 24.4 Å². The molecule has 0 aliphatic heterocycles. The van der Waals surface area contributed by atoms with Gasteiger partial charge in [0.25, 0.3) is 0 Å². The van der Waals surface area contributed by atoms with E-state index in [1.165, 1.54) is 12.5 Å². The maximum atomic E-state index is 13.6. The van der Waals surface area contributed by atoms with Crippen LogP contribution in [0.3, 0.4) is 0 Å². The predicted octanol–water partition coefficient (Wildman–Crippen LogP) is 4.97. The number of hydrogen-bond donors (Lipinski definition) is 0. The Hall–Kier alpha value is -0.800. The molecule has 2 atom stereocenters. The van der Waals surface area contributed by atoms with Crippen LogP contribution in [0.25, 0.3) is 11.0 Å². The first kappa shape index (κ1) is 14.2. The van der Waals surface area contributed by atoms with E-state index in [4.69, 9.17) is 23.2 Å². The smallest absolute Gasteiger partial charge is 0.144 e. The third-order valence-corrected chi connectivity index (χ3v) is 4.63. The highest BCUT2D eigenvalue weighted by atomic mass is 35.5. The summed E-state index contributed by atoms with van der Waals surface area (Å²) in [4.78, 5) is 4.55. The molecule has 0 bridgehead atoms. The fourth-order valence-corrected chi connectivity index (χ4v) is 3.55. The molecule has 2 unspecified atom stereocenters. The molecule has 3 rings (SSSR count). The number of aromatic nitrogens is 2. The number of imidazole rings is 1. The van der Waals surface area contributed by atoms with Gasteiger partial charge in [0.2, 0.25) is 0 Å². The summed E-state index contributed by atoms with van der Waals surface area (Å²) in [6.45, 7) is 2.27. The lowest BCUT2D eigenvalue weighted by molar-refractivity contribution is 0.490. The lowest BCUT2D eigenvalue weighted by Crippen LogP contribution is -2.10. The second kappa shape index (κ2) is 5.53. The minimum Gasteiger partial charge on any atom is -0.325 e. The Morgan fingerprint density at radius 3 is 2.85 bits per heavy atom. The number of nitrogens with zero attached hydrogens (tertiary/aromatic N) is 2. The van der Waals surface area contributed by atoms with Crippen LogP contribution in [0.1, 0.15) is 38.1 Å². The summed E-state index contributed by atoms with van der Waals surface area (Å²) in [6, 6.07) is 3.54. The van der Waals surface area contributed by atoms with Gasteiger partial charge >= 0.3 is 0 Å². The van der Waals surface area contributed by atoms with Gasteiger partial charge in [0.15, 0.2) is 0 Å². The molecular weight excluding hydrogens is 298 g/mol. The van der Waals surface area contributed by atoms with E-state index in [2.05, 4.69) is 16.5 Å². The molecule has 0 spiro atoms. The molecule has 1 heterocycles. The molecule has 1 saturated carbocycles. The Morgan fingerprint density at radius 2 is 2.20 bits per heavy atom. The minimum absolute atomic E-state index is 0.155. The van der Waals surface area contributed by atoms with Gasteiger partial charge in [-0.15, -0.1) is 11.6 Å². The van der Waals surface area contributed by atoms with Crippen LogP contribution in [0.5, 0.6) is 0 Å². The number of alkyl halides is 1. The largest absolute Gasteiger partial charge is 0.325 e. The highest BCUT2D eigenvalue weighted by Gasteiger charge is 2.26. The van der Waals surface area contributed by atoms with Crippen LogP contribution in [-0.4, -0.2) is 15.4 Å². The highest BCUT2D eigenvalue weighted by Crippen LogP contribution is 2.38. The molecule has 1 aliphatic rings. The minimum atomic E-state index is -0.416. The number of aryl methyl sites for hydroxylation is 1. The van der Waals surface area contributed by atoms with E-state index >= 15 is 0 Å². The summed E-state index contributed by atoms with van der Waals surface area (Å²) < 4.78 is 15.8. The molecule has 1 fully saturated rings. The molecule has 1 aromatic carbocycles. The quantitative estimate of drug-likeness (QED) is 0.731. The van der Waals surface area contributed by atoms with Gasteiger partial charge < -0.3 is 4.57 Å². The monoisotopic (exact) mass is 314 g/mol. The van der Waals surface area contributed by atoms with Crippen LogP contribution in [0, 0.1) is 11.7 Å². The number of rotatable bonds is 3. The van der Waals surface area contributed by atoms with Gasteiger partial charge in [-0.1, -0.05) is 18.5 Å². The summed E-state index contributed by atoms with van der Waals surface area (Å²) in [5.41, 5.74) is 1.60. The topological polar surface area (TPSA) is 17.8 Å². The molecule has 5 heteroatoms. The van der Waals surface area contributed by atoms with Gasteiger partial charge in [0.1, 0.15) is 11.6 Å². The maximum Gasteiger partial charge on any atom is 0.144 e. The Kier molecular flexibility index (Phi) is 3.91. The average molecular weight is 315 g/mol. The van der Waals surface area contributed by atoms with E-state index in [1.54, 1.807) is 6.07 Å². The van der Waals surface area contributed by atoms with Gasteiger partial charge in [-0.05, 0) is 31.2 Å². The van der Waals surface area contributed by atoms with Crippen molar-refractivity contribution in [3.63, 3.8) is 0 Å². The van der Waals surface area contributed by atoms with Gasteiger partial charge in [0.05, 0.1) is 16.1 Å². The van der Waals surface area contributed by atoms with Gasteiger partial charge in [-0.25, -0.2) is 9.37 Å². The fraction of sp³-hybridized carbons (Fsp3) is 0.533. The zero-order valence-electron chi connectivity index (χ0n) is 11.4. The lowest BCUT2D eigenvalue weighted by Gasteiger charge is -2.16. The van der Waals surface area contributed by atoms with Crippen molar-refractivity contribution in [1.29, 1.82) is 0 Å². The number of benzene rings is 1. The number of halogens is 3. The highest BCUT2D eigenvalue weighted by molar-refractivity contribution is 6.31. The molecule has 20 heavy (non-hydrogen) atoms. The Bertz CT molecular complexity index is 638. The Morgan fingerprint density at radius 1 is 1.40 bits per heavy atom. The standard InChI is InChI=1S/C15H17Cl2FN2/c1-9-2-3-10(6-9)20-14-7-11(17)12(18)8-13(14)19-15(20)4-5-16/h7-10H,2-6H2,1H3. The summed E-state index contributed by atoms with van der Waals surface area (Å²) in [5, 5.41) is 0.155. The third kappa shape index (κ3) is 2.42. The first-order valence-electron chi connectivity index (χ1n) is 7.02. The van der Waals surface area contributed by atoms with Crippen molar-refractivity contribution in [2.24, 2.45) is 5.92 Å². The summed E-state index contributed by atoms with van der Waals surface area (Å²) in [7, 11) is 0. The lowest BCUT2D eigenvalue weighted by atomic mass is 10.1. The van der Waals surface area contributed by atoms with E-state index in [-0.39, 0.29) is 5.02 Å². The third-order valence-electron chi connectivity index (χ3n) is 4.15. The van der Waals surface area contributed by atoms with Crippen molar-refractivity contribution in [1.82, 2.24) is 9.55 Å². The molecular formula is C15H17Cl2FN2. The second-order valence-corrected chi connectivity index (χ2v) is 6.45. The second-order valence-electron chi connectivity index (χ2n) is 5.66. The molecule has 108 valence electrons. The van der Waals surface area contributed by atoms with Crippen LogP contribution in [0.2, 0.25) is 5.02 Å². The van der Waals surface area contributed by atoms with Crippen LogP contribution >= 0.6 is 23.2 Å². The molecule has 1 aromatic heterocycles. The van der Waals surface area contributed by atoms with Gasteiger partial charge in [-0.3, -0.25) is 0 Å². The van der Waals surface area contributed by atoms with E-state index < -0.39 is 5.82 Å². The van der Waals surface area contributed by atoms with Crippen molar-refractivity contribution in [3.8, 4) is 0 Å². The van der Waals surface area contributed by atoms with E-state index in [1.807, 2.05) is 0 Å². The van der Waals surface area contributed by atoms with E-state index in [9.17, 15) is 4.39 Å². The molecule has 0 N–H and O–H groups in total. The van der Waals surface area contributed by atoms with Crippen molar-refractivity contribution >= 4 is 34.2 Å². The first-order chi connectivity index (χ1) is 9.60. The Balaban J connectivity index is 2.15. The van der Waals surface area contributed by atoms with E-state index in [0.717, 1.165) is 30.1 Å². The molecule has 2 nitrogen and oxygen atoms in total. The predicted molar refractivity (Wildman–Crippen MR) is 81.2 cm³/mol. The van der Waals surface area contributed by atoms with Crippen molar-refractivity contribution in [2.45, 2.75) is 38.6 Å². The molecule has 0 radical (unpaired) electrons. The van der Waals surface area contributed by atoms with Crippen LogP contribution in [0.4, 0.5) is 4.39 Å². The first-order valence-corrected chi connectivity index (χ1v) is 7.93. The van der Waals surface area contributed by atoms with Crippen LogP contribution < -0.4 is 0 Å². The van der Waals surface area contributed by atoms with Crippen molar-refractivity contribution in [3.05, 3.63) is 28.8 Å². The van der Waals surface area contributed by atoms with Crippen molar-refractivity contribution in [2.75, 3.05) is 5.88 Å². The summed E-state index contributed by atoms with van der Waals surface area (Å²) in [6.07, 6.45) is 4.19. The summed E-state index contributed by atoms with van der Waals surface area (Å²) >= 11 is 11.8. The van der Waals surface area contributed by atoms with Crippen molar-refractivity contribution < 1.29 is 4.39 Å². The number of hydrogen-bond acceptors (Lipinski definition) is 1. The zero-order valence-corrected chi connectivity index (χ0v) is 12.9. The molecule has 0 amide bonds. The van der Waals surface area contributed by atoms with Gasteiger partial charge in [-0.2, -0.15) is 0 Å². The SMILES string of the molecule is CC1CCC(n2c(CCCl)nc3cc(F)c(Cl)cc32)C1. The Labute approximate surface area is 127 Å². The van der Waals surface area contributed by atoms with Crippen LogP contribution in [-0.2, 0) is 6.42 Å². The average Bonchev–Trinajstić information content (AvgIpc) is 2.94.